The molecule has 0 radical (unpaired) electrons. The molecule has 3 atom stereocenters. The summed E-state index contributed by atoms with van der Waals surface area (Å²) in [7, 11) is 0. The van der Waals surface area contributed by atoms with E-state index in [1.165, 1.54) is 19.3 Å². The average Bonchev–Trinajstić information content (AvgIpc) is 2.49. The predicted octanol–water partition coefficient (Wildman–Crippen LogP) is 3.19. The van der Waals surface area contributed by atoms with Crippen molar-refractivity contribution >= 4 is 17.7 Å². The smallest absolute Gasteiger partial charge is 0.233 e. The Labute approximate surface area is 137 Å². The molecule has 3 rings (SSSR count). The molecule has 1 amide bonds. The van der Waals surface area contributed by atoms with Gasteiger partial charge in [-0.05, 0) is 56.6 Å². The Morgan fingerprint density at radius 3 is 2.50 bits per heavy atom. The number of fused-ring (bicyclic) bond motifs is 2. The van der Waals surface area contributed by atoms with Crippen LogP contribution in [0.1, 0.15) is 39.0 Å². The maximum atomic E-state index is 12.6. The number of benzene rings is 1. The van der Waals surface area contributed by atoms with Crippen LogP contribution in [-0.2, 0) is 4.79 Å². The number of carbonyl (C=O) groups excluding carboxylic acids is 1. The lowest BCUT2D eigenvalue weighted by molar-refractivity contribution is -0.122. The summed E-state index contributed by atoms with van der Waals surface area (Å²) in [6.45, 7) is 2.00. The summed E-state index contributed by atoms with van der Waals surface area (Å²) in [5, 5.41) is 3.29. The third-order valence-corrected chi connectivity index (χ3v) is 6.22. The Bertz CT molecular complexity index is 493. The molecule has 120 valence electrons. The first-order chi connectivity index (χ1) is 10.6. The van der Waals surface area contributed by atoms with Crippen molar-refractivity contribution in [2.75, 3.05) is 0 Å². The fourth-order valence-electron chi connectivity index (χ4n) is 4.06. The van der Waals surface area contributed by atoms with Gasteiger partial charge in [-0.25, -0.2) is 0 Å². The Balaban J connectivity index is 1.59. The van der Waals surface area contributed by atoms with Gasteiger partial charge in [0.1, 0.15) is 0 Å². The molecule has 1 aromatic rings. The number of amides is 1. The highest BCUT2D eigenvalue weighted by Gasteiger charge is 2.40. The van der Waals surface area contributed by atoms with E-state index in [2.05, 4.69) is 17.4 Å². The minimum Gasteiger partial charge on any atom is -0.352 e. The van der Waals surface area contributed by atoms with E-state index in [4.69, 9.17) is 5.73 Å². The molecule has 2 aliphatic carbocycles. The second-order valence-electron chi connectivity index (χ2n) is 6.79. The molecule has 0 heterocycles. The lowest BCUT2D eigenvalue weighted by Gasteiger charge is -2.45. The molecule has 0 aliphatic heterocycles. The molecule has 2 fully saturated rings. The molecule has 1 aromatic carbocycles. The van der Waals surface area contributed by atoms with Crippen LogP contribution in [0.5, 0.6) is 0 Å². The van der Waals surface area contributed by atoms with E-state index in [0.29, 0.717) is 23.9 Å². The van der Waals surface area contributed by atoms with Gasteiger partial charge in [-0.3, -0.25) is 4.79 Å². The third-order valence-electron chi connectivity index (χ3n) is 5.11. The molecule has 4 heteroatoms. The summed E-state index contributed by atoms with van der Waals surface area (Å²) >= 11 is 1.63. The first-order valence-corrected chi connectivity index (χ1v) is 9.29. The van der Waals surface area contributed by atoms with E-state index in [1.54, 1.807) is 11.8 Å². The largest absolute Gasteiger partial charge is 0.352 e. The number of nitrogens with two attached hydrogens (primary N) is 1. The van der Waals surface area contributed by atoms with Gasteiger partial charge in [0.05, 0.1) is 5.25 Å². The molecule has 0 spiro atoms. The summed E-state index contributed by atoms with van der Waals surface area (Å²) in [5.74, 6) is 1.34. The van der Waals surface area contributed by atoms with Crippen molar-refractivity contribution in [1.82, 2.24) is 5.32 Å². The highest BCUT2D eigenvalue weighted by Crippen LogP contribution is 2.39. The van der Waals surface area contributed by atoms with E-state index in [-0.39, 0.29) is 11.2 Å². The Morgan fingerprint density at radius 1 is 1.23 bits per heavy atom. The second kappa shape index (κ2) is 7.05. The number of rotatable bonds is 4. The monoisotopic (exact) mass is 318 g/mol. The molecule has 3 N–H and O–H groups in total. The van der Waals surface area contributed by atoms with Crippen LogP contribution in [0.4, 0.5) is 0 Å². The minimum atomic E-state index is -0.0567. The number of carbonyl (C=O) groups is 1. The van der Waals surface area contributed by atoms with Gasteiger partial charge in [-0.2, -0.15) is 0 Å². The van der Waals surface area contributed by atoms with Crippen LogP contribution < -0.4 is 11.1 Å². The normalized spacial score (nSPS) is 32.3. The minimum absolute atomic E-state index is 0.0567. The van der Waals surface area contributed by atoms with Gasteiger partial charge in [-0.15, -0.1) is 11.8 Å². The fraction of sp³-hybridized carbons (Fsp3) is 0.611. The van der Waals surface area contributed by atoms with Crippen LogP contribution in [0.15, 0.2) is 35.2 Å². The van der Waals surface area contributed by atoms with Crippen LogP contribution in [0.2, 0.25) is 0 Å². The quantitative estimate of drug-likeness (QED) is 0.838. The van der Waals surface area contributed by atoms with E-state index >= 15 is 0 Å². The van der Waals surface area contributed by atoms with Gasteiger partial charge >= 0.3 is 0 Å². The zero-order valence-electron chi connectivity index (χ0n) is 13.2. The van der Waals surface area contributed by atoms with Gasteiger partial charge < -0.3 is 11.1 Å². The maximum Gasteiger partial charge on any atom is 0.233 e. The van der Waals surface area contributed by atoms with Gasteiger partial charge in [-0.1, -0.05) is 24.6 Å². The first-order valence-electron chi connectivity index (χ1n) is 8.41. The molecule has 22 heavy (non-hydrogen) atoms. The van der Waals surface area contributed by atoms with E-state index in [1.807, 2.05) is 25.1 Å². The standard InChI is InChI=1S/C18H26N2OS/c1-12(22-16-8-3-2-4-9-16)18(21)20-17-13-6-5-7-14(17)11-15(19)10-13/h2-4,8-9,12-15,17H,5-7,10-11,19H2,1H3,(H,20,21). The molecule has 0 saturated heterocycles. The number of nitrogens with one attached hydrogen (secondary N) is 1. The van der Waals surface area contributed by atoms with Crippen molar-refractivity contribution in [3.8, 4) is 0 Å². The Hall–Kier alpha value is -1.00. The predicted molar refractivity (Wildman–Crippen MR) is 91.7 cm³/mol. The van der Waals surface area contributed by atoms with Crippen molar-refractivity contribution in [1.29, 1.82) is 0 Å². The summed E-state index contributed by atoms with van der Waals surface area (Å²) in [6.07, 6.45) is 5.87. The molecule has 3 nitrogen and oxygen atoms in total. The van der Waals surface area contributed by atoms with Crippen LogP contribution in [0.3, 0.4) is 0 Å². The van der Waals surface area contributed by atoms with Crippen molar-refractivity contribution in [3.63, 3.8) is 0 Å². The number of hydrogen-bond donors (Lipinski definition) is 2. The third kappa shape index (κ3) is 3.66. The highest BCUT2D eigenvalue weighted by atomic mass is 32.2. The van der Waals surface area contributed by atoms with E-state index in [9.17, 15) is 4.79 Å². The maximum absolute atomic E-state index is 12.6. The van der Waals surface area contributed by atoms with Gasteiger partial charge in [0.2, 0.25) is 5.91 Å². The summed E-state index contributed by atoms with van der Waals surface area (Å²) in [5.41, 5.74) is 6.16. The lowest BCUT2D eigenvalue weighted by Crippen LogP contribution is -2.54. The molecular formula is C18H26N2OS. The fourth-order valence-corrected chi connectivity index (χ4v) is 4.96. The topological polar surface area (TPSA) is 55.1 Å². The summed E-state index contributed by atoms with van der Waals surface area (Å²) < 4.78 is 0. The SMILES string of the molecule is CC(Sc1ccccc1)C(=O)NC1C2CCCC1CC(N)C2. The zero-order chi connectivity index (χ0) is 15.5. The van der Waals surface area contributed by atoms with Crippen LogP contribution >= 0.6 is 11.8 Å². The van der Waals surface area contributed by atoms with Crippen LogP contribution in [0, 0.1) is 11.8 Å². The second-order valence-corrected chi connectivity index (χ2v) is 8.20. The van der Waals surface area contributed by atoms with Crippen molar-refractivity contribution < 1.29 is 4.79 Å². The van der Waals surface area contributed by atoms with Gasteiger partial charge in [0.25, 0.3) is 0 Å². The molecule has 2 aliphatic rings. The molecule has 0 aromatic heterocycles. The van der Waals surface area contributed by atoms with E-state index in [0.717, 1.165) is 17.7 Å². The van der Waals surface area contributed by atoms with Crippen molar-refractivity contribution in [3.05, 3.63) is 30.3 Å². The lowest BCUT2D eigenvalue weighted by atomic mass is 9.67. The molecule has 3 unspecified atom stereocenters. The number of hydrogen-bond acceptors (Lipinski definition) is 3. The van der Waals surface area contributed by atoms with Gasteiger partial charge in [0, 0.05) is 17.0 Å². The zero-order valence-corrected chi connectivity index (χ0v) is 14.0. The molecule has 2 saturated carbocycles. The molecular weight excluding hydrogens is 292 g/mol. The van der Waals surface area contributed by atoms with Crippen molar-refractivity contribution in [2.45, 2.75) is 61.3 Å². The number of thioether (sulfide) groups is 1. The summed E-state index contributed by atoms with van der Waals surface area (Å²) in [4.78, 5) is 13.7. The summed E-state index contributed by atoms with van der Waals surface area (Å²) in [6, 6.07) is 10.8. The Morgan fingerprint density at radius 2 is 1.86 bits per heavy atom. The van der Waals surface area contributed by atoms with E-state index < -0.39 is 0 Å². The first kappa shape index (κ1) is 15.9. The van der Waals surface area contributed by atoms with Gasteiger partial charge in [0.15, 0.2) is 0 Å². The van der Waals surface area contributed by atoms with Crippen LogP contribution in [0.25, 0.3) is 0 Å². The van der Waals surface area contributed by atoms with Crippen molar-refractivity contribution in [2.24, 2.45) is 17.6 Å². The average molecular weight is 318 g/mol. The molecule has 2 bridgehead atoms. The van der Waals surface area contributed by atoms with Crippen LogP contribution in [-0.4, -0.2) is 23.2 Å². The highest BCUT2D eigenvalue weighted by molar-refractivity contribution is 8.00. The Kier molecular flexibility index (Phi) is 5.09.